The van der Waals surface area contributed by atoms with Gasteiger partial charge in [-0.25, -0.2) is 8.42 Å². The Morgan fingerprint density at radius 3 is 2.56 bits per heavy atom. The van der Waals surface area contributed by atoms with Gasteiger partial charge in [-0.1, -0.05) is 41.9 Å². The zero-order chi connectivity index (χ0) is 23.0. The molecule has 174 valence electrons. The SMILES string of the molecule is CCOCCCNC(=O)c1ccc(Cl)c(S(=O)(=O)N2CCC(Cc3ccccc3)CC2)c1. The number of piperidine rings is 1. The Balaban J connectivity index is 1.62. The fourth-order valence-corrected chi connectivity index (χ4v) is 5.88. The van der Waals surface area contributed by atoms with Gasteiger partial charge in [-0.2, -0.15) is 4.31 Å². The van der Waals surface area contributed by atoms with Crippen LogP contribution in [0.2, 0.25) is 5.02 Å². The molecule has 0 unspecified atom stereocenters. The number of carbonyl (C=O) groups excluding carboxylic acids is 1. The first-order chi connectivity index (χ1) is 15.4. The highest BCUT2D eigenvalue weighted by Crippen LogP contribution is 2.30. The van der Waals surface area contributed by atoms with Gasteiger partial charge in [-0.3, -0.25) is 4.79 Å². The van der Waals surface area contributed by atoms with Gasteiger partial charge in [0, 0.05) is 38.4 Å². The minimum absolute atomic E-state index is 0.0114. The number of nitrogens with zero attached hydrogens (tertiary/aromatic N) is 1. The molecule has 1 fully saturated rings. The Labute approximate surface area is 196 Å². The van der Waals surface area contributed by atoms with E-state index >= 15 is 0 Å². The van der Waals surface area contributed by atoms with Crippen LogP contribution in [0.15, 0.2) is 53.4 Å². The fraction of sp³-hybridized carbons (Fsp3) is 0.458. The van der Waals surface area contributed by atoms with Crippen LogP contribution >= 0.6 is 11.6 Å². The summed E-state index contributed by atoms with van der Waals surface area (Å²) >= 11 is 6.25. The van der Waals surface area contributed by atoms with E-state index in [1.165, 1.54) is 22.0 Å². The largest absolute Gasteiger partial charge is 0.382 e. The van der Waals surface area contributed by atoms with E-state index in [4.69, 9.17) is 16.3 Å². The monoisotopic (exact) mass is 478 g/mol. The molecule has 0 spiro atoms. The van der Waals surface area contributed by atoms with Crippen molar-refractivity contribution >= 4 is 27.5 Å². The quantitative estimate of drug-likeness (QED) is 0.521. The van der Waals surface area contributed by atoms with E-state index in [1.807, 2.05) is 25.1 Å². The van der Waals surface area contributed by atoms with E-state index in [2.05, 4.69) is 17.4 Å². The lowest BCUT2D eigenvalue weighted by molar-refractivity contribution is 0.0944. The average molecular weight is 479 g/mol. The average Bonchev–Trinajstić information content (AvgIpc) is 2.80. The van der Waals surface area contributed by atoms with E-state index in [9.17, 15) is 13.2 Å². The first kappa shape index (κ1) is 24.7. The van der Waals surface area contributed by atoms with Crippen LogP contribution in [-0.2, 0) is 21.2 Å². The van der Waals surface area contributed by atoms with Crippen LogP contribution in [0.3, 0.4) is 0 Å². The van der Waals surface area contributed by atoms with Crippen molar-refractivity contribution in [2.75, 3.05) is 32.8 Å². The van der Waals surface area contributed by atoms with Crippen LogP contribution in [0.1, 0.15) is 42.1 Å². The van der Waals surface area contributed by atoms with Crippen molar-refractivity contribution in [3.8, 4) is 0 Å². The second-order valence-corrected chi connectivity index (χ2v) is 10.3. The summed E-state index contributed by atoms with van der Waals surface area (Å²) in [7, 11) is -3.78. The number of ether oxygens (including phenoxy) is 1. The Hall–Kier alpha value is -1.93. The third-order valence-electron chi connectivity index (χ3n) is 5.71. The maximum atomic E-state index is 13.3. The highest BCUT2D eigenvalue weighted by atomic mass is 35.5. The fourth-order valence-electron chi connectivity index (χ4n) is 3.91. The molecule has 0 aliphatic carbocycles. The predicted octanol–water partition coefficient (Wildman–Crippen LogP) is 4.14. The van der Waals surface area contributed by atoms with Gasteiger partial charge < -0.3 is 10.1 Å². The van der Waals surface area contributed by atoms with Crippen LogP contribution in [-0.4, -0.2) is 51.5 Å². The molecule has 32 heavy (non-hydrogen) atoms. The van der Waals surface area contributed by atoms with Crippen molar-refractivity contribution in [1.29, 1.82) is 0 Å². The van der Waals surface area contributed by atoms with Gasteiger partial charge in [-0.15, -0.1) is 0 Å². The summed E-state index contributed by atoms with van der Waals surface area (Å²) in [5, 5.41) is 2.92. The molecule has 0 saturated carbocycles. The number of sulfonamides is 1. The summed E-state index contributed by atoms with van der Waals surface area (Å²) in [5.74, 6) is 0.129. The third-order valence-corrected chi connectivity index (χ3v) is 8.09. The molecule has 6 nitrogen and oxygen atoms in total. The number of carbonyl (C=O) groups is 1. The summed E-state index contributed by atoms with van der Waals surface area (Å²) in [4.78, 5) is 12.4. The van der Waals surface area contributed by atoms with Crippen molar-refractivity contribution in [3.63, 3.8) is 0 Å². The molecule has 1 N–H and O–H groups in total. The summed E-state index contributed by atoms with van der Waals surface area (Å²) < 4.78 is 33.3. The second-order valence-electron chi connectivity index (χ2n) is 7.99. The van der Waals surface area contributed by atoms with Crippen LogP contribution in [0, 0.1) is 5.92 Å². The molecule has 0 bridgehead atoms. The van der Waals surface area contributed by atoms with Crippen molar-refractivity contribution in [2.24, 2.45) is 5.92 Å². The van der Waals surface area contributed by atoms with Crippen LogP contribution in [0.4, 0.5) is 0 Å². The first-order valence-electron chi connectivity index (χ1n) is 11.1. The van der Waals surface area contributed by atoms with E-state index in [0.717, 1.165) is 19.3 Å². The topological polar surface area (TPSA) is 75.7 Å². The smallest absolute Gasteiger partial charge is 0.251 e. The maximum absolute atomic E-state index is 13.3. The third kappa shape index (κ3) is 6.54. The molecule has 2 aromatic carbocycles. The minimum Gasteiger partial charge on any atom is -0.382 e. The highest BCUT2D eigenvalue weighted by Gasteiger charge is 2.31. The van der Waals surface area contributed by atoms with Gasteiger partial charge >= 0.3 is 0 Å². The lowest BCUT2D eigenvalue weighted by Crippen LogP contribution is -2.39. The molecule has 1 aliphatic rings. The Kier molecular flexibility index (Phi) is 9.11. The summed E-state index contributed by atoms with van der Waals surface area (Å²) in [6.45, 7) is 4.47. The Morgan fingerprint density at radius 2 is 1.88 bits per heavy atom. The maximum Gasteiger partial charge on any atom is 0.251 e. The predicted molar refractivity (Wildman–Crippen MR) is 127 cm³/mol. The Morgan fingerprint density at radius 1 is 1.16 bits per heavy atom. The van der Waals surface area contributed by atoms with E-state index in [-0.39, 0.29) is 21.4 Å². The number of amides is 1. The summed E-state index contributed by atoms with van der Waals surface area (Å²) in [6, 6.07) is 14.7. The first-order valence-corrected chi connectivity index (χ1v) is 12.9. The molecular formula is C24H31ClN2O4S. The van der Waals surface area contributed by atoms with Gasteiger partial charge in [0.05, 0.1) is 5.02 Å². The zero-order valence-electron chi connectivity index (χ0n) is 18.4. The molecule has 1 amide bonds. The molecule has 8 heteroatoms. The zero-order valence-corrected chi connectivity index (χ0v) is 20.0. The van der Waals surface area contributed by atoms with Crippen LogP contribution < -0.4 is 5.32 Å². The normalized spacial score (nSPS) is 15.6. The van der Waals surface area contributed by atoms with Gasteiger partial charge in [-0.05, 0) is 62.3 Å². The minimum atomic E-state index is -3.78. The summed E-state index contributed by atoms with van der Waals surface area (Å²) in [5.41, 5.74) is 1.56. The standard InChI is InChI=1S/C24H31ClN2O4S/c1-2-31-16-6-13-26-24(28)21-9-10-22(25)23(18-21)32(29,30)27-14-11-20(12-15-27)17-19-7-4-3-5-8-19/h3-5,7-10,18,20H,2,6,11-17H2,1H3,(H,26,28). The number of nitrogens with one attached hydrogen (secondary N) is 1. The molecule has 0 atom stereocenters. The highest BCUT2D eigenvalue weighted by molar-refractivity contribution is 7.89. The van der Waals surface area contributed by atoms with Crippen LogP contribution in [0.5, 0.6) is 0 Å². The lowest BCUT2D eigenvalue weighted by Gasteiger charge is -2.31. The number of rotatable bonds is 10. The van der Waals surface area contributed by atoms with E-state index in [1.54, 1.807) is 6.07 Å². The van der Waals surface area contributed by atoms with E-state index in [0.29, 0.717) is 45.2 Å². The molecule has 1 saturated heterocycles. The summed E-state index contributed by atoms with van der Waals surface area (Å²) in [6.07, 6.45) is 3.24. The molecular weight excluding hydrogens is 448 g/mol. The molecule has 0 aromatic heterocycles. The van der Waals surface area contributed by atoms with Gasteiger partial charge in [0.25, 0.3) is 5.91 Å². The van der Waals surface area contributed by atoms with Crippen molar-refractivity contribution in [2.45, 2.75) is 37.5 Å². The van der Waals surface area contributed by atoms with Gasteiger partial charge in [0.2, 0.25) is 10.0 Å². The molecule has 2 aromatic rings. The van der Waals surface area contributed by atoms with E-state index < -0.39 is 10.0 Å². The molecule has 1 heterocycles. The number of hydrogen-bond donors (Lipinski definition) is 1. The van der Waals surface area contributed by atoms with Gasteiger partial charge in [0.1, 0.15) is 4.90 Å². The molecule has 0 radical (unpaired) electrons. The second kappa shape index (κ2) is 11.8. The molecule has 3 rings (SSSR count). The van der Waals surface area contributed by atoms with Crippen molar-refractivity contribution in [3.05, 3.63) is 64.7 Å². The van der Waals surface area contributed by atoms with Crippen LogP contribution in [0.25, 0.3) is 0 Å². The van der Waals surface area contributed by atoms with Gasteiger partial charge in [0.15, 0.2) is 0 Å². The van der Waals surface area contributed by atoms with Crippen molar-refractivity contribution < 1.29 is 17.9 Å². The molecule has 1 aliphatic heterocycles. The number of benzene rings is 2. The van der Waals surface area contributed by atoms with Crippen molar-refractivity contribution in [1.82, 2.24) is 9.62 Å². The number of halogens is 1. The lowest BCUT2D eigenvalue weighted by atomic mass is 9.91. The Bertz CT molecular complexity index is 990. The number of hydrogen-bond acceptors (Lipinski definition) is 4.